The van der Waals surface area contributed by atoms with Gasteiger partial charge in [0.1, 0.15) is 12.4 Å². The molecule has 0 saturated heterocycles. The molecule has 0 atom stereocenters. The van der Waals surface area contributed by atoms with Crippen molar-refractivity contribution < 1.29 is 4.74 Å². The average Bonchev–Trinajstić information content (AvgIpc) is 3.45. The monoisotopic (exact) mass is 822 g/mol. The molecule has 9 aromatic carbocycles. The second-order valence-electron chi connectivity index (χ2n) is 15.8. The Labute approximate surface area is 376 Å². The molecule has 0 bridgehead atoms. The summed E-state index contributed by atoms with van der Waals surface area (Å²) in [5.41, 5.74) is 17.5. The molecule has 0 unspecified atom stereocenters. The van der Waals surface area contributed by atoms with E-state index in [-0.39, 0.29) is 0 Å². The third-order valence-corrected chi connectivity index (χ3v) is 11.7. The quantitative estimate of drug-likeness (QED) is 0.137. The van der Waals surface area contributed by atoms with Crippen LogP contribution >= 0.6 is 0 Å². The van der Waals surface area contributed by atoms with E-state index in [2.05, 4.69) is 253 Å². The van der Waals surface area contributed by atoms with Crippen LogP contribution in [0, 0.1) is 0 Å². The molecule has 1 aliphatic rings. The largest absolute Gasteiger partial charge is 0.489 e. The standard InChI is InChI=1S/C61H46N2O/c1-45-24-33-58(42-43-64-61-23-12-11-22-60(45)61)62(54-34-25-49(26-35-54)46-14-5-2-6-15-46)55-40-31-52(32-41-55)53-20-13-21-59(44-53)63(56-36-27-50(28-37-56)47-16-7-3-8-17-47)57-38-29-51(30-39-57)48-18-9-4-10-19-48/h2-42,44H,1,43H2/b33-24-,58-42+. The summed E-state index contributed by atoms with van der Waals surface area (Å²) in [4.78, 5) is 4.63. The molecule has 1 heterocycles. The van der Waals surface area contributed by atoms with Gasteiger partial charge in [0.2, 0.25) is 0 Å². The minimum Gasteiger partial charge on any atom is -0.489 e. The molecular weight excluding hydrogens is 777 g/mol. The number of rotatable bonds is 10. The maximum absolute atomic E-state index is 6.32. The SMILES string of the molecule is C=C1/C=C\C(N(c2ccc(-c3ccccc3)cc2)c2ccc(-c3cccc(N(c4ccc(-c5ccccc5)cc4)c4ccc(-c5ccccc5)cc4)c3)cc2)=C/COc2ccccc21. The van der Waals surface area contributed by atoms with Crippen LogP contribution in [0.1, 0.15) is 5.56 Å². The molecule has 1 aliphatic heterocycles. The van der Waals surface area contributed by atoms with Gasteiger partial charge in [0.15, 0.2) is 0 Å². The number of nitrogens with zero attached hydrogens (tertiary/aromatic N) is 2. The lowest BCUT2D eigenvalue weighted by molar-refractivity contribution is 0.361. The zero-order chi connectivity index (χ0) is 43.1. The zero-order valence-corrected chi connectivity index (χ0v) is 35.5. The third kappa shape index (κ3) is 8.56. The lowest BCUT2D eigenvalue weighted by atomic mass is 10.0. The van der Waals surface area contributed by atoms with Gasteiger partial charge in [0.05, 0.1) is 0 Å². The number of para-hydroxylation sites is 1. The van der Waals surface area contributed by atoms with Crippen LogP contribution in [0.3, 0.4) is 0 Å². The highest BCUT2D eigenvalue weighted by molar-refractivity contribution is 5.84. The Balaban J connectivity index is 1.00. The summed E-state index contributed by atoms with van der Waals surface area (Å²) in [7, 11) is 0. The number of anilines is 5. The van der Waals surface area contributed by atoms with Gasteiger partial charge in [-0.2, -0.15) is 0 Å². The van der Waals surface area contributed by atoms with Crippen LogP contribution in [0.15, 0.2) is 267 Å². The molecule has 64 heavy (non-hydrogen) atoms. The molecule has 9 aromatic rings. The van der Waals surface area contributed by atoms with E-state index in [1.165, 1.54) is 33.4 Å². The Hall–Kier alpha value is -8.40. The molecule has 0 N–H and O–H groups in total. The first kappa shape index (κ1) is 39.7. The topological polar surface area (TPSA) is 15.7 Å². The Bertz CT molecular complexity index is 2980. The first-order chi connectivity index (χ1) is 31.6. The highest BCUT2D eigenvalue weighted by Gasteiger charge is 2.18. The maximum Gasteiger partial charge on any atom is 0.127 e. The highest BCUT2D eigenvalue weighted by Crippen LogP contribution is 2.40. The predicted octanol–water partition coefficient (Wildman–Crippen LogP) is 16.5. The Kier molecular flexibility index (Phi) is 11.4. The van der Waals surface area contributed by atoms with Crippen LogP contribution in [0.2, 0.25) is 0 Å². The van der Waals surface area contributed by atoms with Gasteiger partial charge in [-0.1, -0.05) is 183 Å². The molecule has 0 saturated carbocycles. The van der Waals surface area contributed by atoms with E-state index < -0.39 is 0 Å². The number of ether oxygens (including phenoxy) is 1. The minimum absolute atomic E-state index is 0.411. The van der Waals surface area contributed by atoms with E-state index in [9.17, 15) is 0 Å². The summed E-state index contributed by atoms with van der Waals surface area (Å²) in [5, 5.41) is 0. The first-order valence-electron chi connectivity index (χ1n) is 21.7. The normalized spacial score (nSPS) is 13.5. The van der Waals surface area contributed by atoms with Crippen molar-refractivity contribution in [2.45, 2.75) is 0 Å². The minimum atomic E-state index is 0.411. The second kappa shape index (κ2) is 18.3. The summed E-state index contributed by atoms with van der Waals surface area (Å²) in [6.07, 6.45) is 6.37. The van der Waals surface area contributed by atoms with Crippen LogP contribution in [0.25, 0.3) is 50.1 Å². The van der Waals surface area contributed by atoms with Crippen molar-refractivity contribution in [3.8, 4) is 50.3 Å². The Morgan fingerprint density at radius 1 is 0.328 bits per heavy atom. The van der Waals surface area contributed by atoms with Gasteiger partial charge in [0.25, 0.3) is 0 Å². The lowest BCUT2D eigenvalue weighted by Crippen LogP contribution is -2.16. The zero-order valence-electron chi connectivity index (χ0n) is 35.5. The van der Waals surface area contributed by atoms with E-state index in [0.29, 0.717) is 6.61 Å². The average molecular weight is 823 g/mol. The van der Waals surface area contributed by atoms with Crippen molar-refractivity contribution in [3.05, 3.63) is 273 Å². The number of fused-ring (bicyclic) bond motifs is 1. The molecule has 0 spiro atoms. The molecule has 0 aromatic heterocycles. The van der Waals surface area contributed by atoms with Gasteiger partial charge < -0.3 is 14.5 Å². The summed E-state index contributed by atoms with van der Waals surface area (Å²) in [5.74, 6) is 0.826. The Morgan fingerprint density at radius 3 is 1.20 bits per heavy atom. The molecule has 306 valence electrons. The maximum atomic E-state index is 6.32. The molecular formula is C61H46N2O. The second-order valence-corrected chi connectivity index (χ2v) is 15.8. The first-order valence-corrected chi connectivity index (χ1v) is 21.7. The van der Waals surface area contributed by atoms with E-state index in [0.717, 1.165) is 62.1 Å². The summed E-state index contributed by atoms with van der Waals surface area (Å²) >= 11 is 0. The summed E-state index contributed by atoms with van der Waals surface area (Å²) in [6.45, 7) is 4.81. The fraction of sp³-hybridized carbons (Fsp3) is 0.0164. The van der Waals surface area contributed by atoms with Crippen LogP contribution < -0.4 is 14.5 Å². The van der Waals surface area contributed by atoms with Gasteiger partial charge in [0, 0.05) is 39.7 Å². The van der Waals surface area contributed by atoms with Crippen molar-refractivity contribution in [3.63, 3.8) is 0 Å². The van der Waals surface area contributed by atoms with Crippen molar-refractivity contribution in [2.24, 2.45) is 0 Å². The van der Waals surface area contributed by atoms with E-state index in [1.54, 1.807) is 0 Å². The van der Waals surface area contributed by atoms with Gasteiger partial charge in [-0.3, -0.25) is 0 Å². The number of benzene rings is 9. The molecule has 0 amide bonds. The summed E-state index contributed by atoms with van der Waals surface area (Å²) < 4.78 is 6.32. The van der Waals surface area contributed by atoms with Gasteiger partial charge in [-0.25, -0.2) is 0 Å². The lowest BCUT2D eigenvalue weighted by Gasteiger charge is -2.27. The van der Waals surface area contributed by atoms with Crippen molar-refractivity contribution >= 4 is 34.0 Å². The van der Waals surface area contributed by atoms with Gasteiger partial charge in [-0.05, 0) is 129 Å². The molecule has 0 radical (unpaired) electrons. The van der Waals surface area contributed by atoms with Crippen molar-refractivity contribution in [2.75, 3.05) is 16.4 Å². The van der Waals surface area contributed by atoms with Gasteiger partial charge in [-0.15, -0.1) is 0 Å². The van der Waals surface area contributed by atoms with E-state index >= 15 is 0 Å². The van der Waals surface area contributed by atoms with E-state index in [1.807, 2.05) is 18.2 Å². The number of hydrogen-bond donors (Lipinski definition) is 0. The van der Waals surface area contributed by atoms with Crippen LogP contribution in [-0.2, 0) is 0 Å². The van der Waals surface area contributed by atoms with Crippen LogP contribution in [-0.4, -0.2) is 6.61 Å². The van der Waals surface area contributed by atoms with E-state index in [4.69, 9.17) is 4.74 Å². The summed E-state index contributed by atoms with van der Waals surface area (Å²) in [6, 6.07) is 83.8. The fourth-order valence-corrected chi connectivity index (χ4v) is 8.41. The molecule has 3 heteroatoms. The molecule has 0 fully saturated rings. The van der Waals surface area contributed by atoms with Gasteiger partial charge >= 0.3 is 0 Å². The smallest absolute Gasteiger partial charge is 0.127 e. The highest BCUT2D eigenvalue weighted by atomic mass is 16.5. The fourth-order valence-electron chi connectivity index (χ4n) is 8.41. The Morgan fingerprint density at radius 2 is 0.719 bits per heavy atom. The van der Waals surface area contributed by atoms with Crippen molar-refractivity contribution in [1.29, 1.82) is 0 Å². The number of hydrogen-bond acceptors (Lipinski definition) is 3. The molecule has 10 rings (SSSR count). The predicted molar refractivity (Wildman–Crippen MR) is 270 cm³/mol. The molecule has 0 aliphatic carbocycles. The van der Waals surface area contributed by atoms with Crippen molar-refractivity contribution in [1.82, 2.24) is 0 Å². The third-order valence-electron chi connectivity index (χ3n) is 11.7. The van der Waals surface area contributed by atoms with Crippen LogP contribution in [0.5, 0.6) is 5.75 Å². The molecule has 3 nitrogen and oxygen atoms in total. The van der Waals surface area contributed by atoms with Crippen LogP contribution in [0.4, 0.5) is 28.4 Å². The number of allylic oxidation sites excluding steroid dienone is 3.